The zero-order valence-corrected chi connectivity index (χ0v) is 15.8. The predicted molar refractivity (Wildman–Crippen MR) is 109 cm³/mol. The molecule has 142 valence electrons. The Bertz CT molecular complexity index is 1020. The molecule has 0 saturated heterocycles. The Morgan fingerprint density at radius 3 is 2.36 bits per heavy atom. The van der Waals surface area contributed by atoms with E-state index in [1.54, 1.807) is 12.3 Å². The maximum Gasteiger partial charge on any atom is 0.274 e. The van der Waals surface area contributed by atoms with Crippen molar-refractivity contribution in [2.24, 2.45) is 0 Å². The fourth-order valence-electron chi connectivity index (χ4n) is 2.90. The van der Waals surface area contributed by atoms with E-state index in [2.05, 4.69) is 15.6 Å². The van der Waals surface area contributed by atoms with Crippen LogP contribution < -0.4 is 20.1 Å². The van der Waals surface area contributed by atoms with E-state index in [4.69, 9.17) is 9.47 Å². The second-order valence-electron chi connectivity index (χ2n) is 6.67. The maximum absolute atomic E-state index is 12.4. The maximum atomic E-state index is 12.4. The minimum absolute atomic E-state index is 0.242. The third-order valence-electron chi connectivity index (χ3n) is 4.59. The lowest BCUT2D eigenvalue weighted by atomic mass is 10.1. The number of anilines is 3. The number of nitrogens with one attached hydrogen (secondary N) is 2. The topological polar surface area (TPSA) is 72.5 Å². The van der Waals surface area contributed by atoms with Crippen LogP contribution in [0.4, 0.5) is 17.1 Å². The molecule has 6 heteroatoms. The minimum atomic E-state index is -0.242. The van der Waals surface area contributed by atoms with Crippen molar-refractivity contribution in [1.82, 2.24) is 4.98 Å². The second kappa shape index (κ2) is 7.60. The number of aryl methyl sites for hydroxylation is 2. The van der Waals surface area contributed by atoms with Crippen molar-refractivity contribution in [3.63, 3.8) is 0 Å². The standard InChI is InChI=1S/C22H21N3O3/c1-14-3-4-16(11-15(14)2)25-22(26)19-7-5-18(13-23-19)24-17-6-8-20-21(12-17)28-10-9-27-20/h3-8,11-13,24H,9-10H2,1-2H3,(H,25,26). The van der Waals surface area contributed by atoms with Gasteiger partial charge in [-0.05, 0) is 61.4 Å². The Morgan fingerprint density at radius 2 is 1.61 bits per heavy atom. The number of carbonyl (C=O) groups excluding carboxylic acids is 1. The Balaban J connectivity index is 1.43. The van der Waals surface area contributed by atoms with Crippen molar-refractivity contribution in [3.05, 3.63) is 71.5 Å². The first kappa shape index (κ1) is 17.9. The van der Waals surface area contributed by atoms with Crippen LogP contribution in [0.15, 0.2) is 54.7 Å². The van der Waals surface area contributed by atoms with Crippen LogP contribution in [0, 0.1) is 13.8 Å². The number of carbonyl (C=O) groups is 1. The van der Waals surface area contributed by atoms with Crippen LogP contribution in [0.5, 0.6) is 11.5 Å². The minimum Gasteiger partial charge on any atom is -0.486 e. The summed E-state index contributed by atoms with van der Waals surface area (Å²) in [6, 6.07) is 15.0. The predicted octanol–water partition coefficient (Wildman–Crippen LogP) is 4.47. The summed E-state index contributed by atoms with van der Waals surface area (Å²) in [6.07, 6.45) is 1.63. The van der Waals surface area contributed by atoms with Crippen molar-refractivity contribution >= 4 is 23.0 Å². The normalized spacial score (nSPS) is 12.4. The van der Waals surface area contributed by atoms with Crippen LogP contribution in [0.1, 0.15) is 21.6 Å². The fourth-order valence-corrected chi connectivity index (χ4v) is 2.90. The number of rotatable bonds is 4. The first-order valence-corrected chi connectivity index (χ1v) is 9.10. The average molecular weight is 375 g/mol. The van der Waals surface area contributed by atoms with Crippen LogP contribution in [-0.4, -0.2) is 24.1 Å². The molecule has 4 rings (SSSR count). The molecule has 3 aromatic rings. The van der Waals surface area contributed by atoms with Crippen LogP contribution in [-0.2, 0) is 0 Å². The van der Waals surface area contributed by atoms with Gasteiger partial charge in [-0.3, -0.25) is 4.79 Å². The summed E-state index contributed by atoms with van der Waals surface area (Å²) in [6.45, 7) is 5.16. The molecule has 0 unspecified atom stereocenters. The van der Waals surface area contributed by atoms with Gasteiger partial charge in [0.2, 0.25) is 0 Å². The molecule has 28 heavy (non-hydrogen) atoms. The van der Waals surface area contributed by atoms with Gasteiger partial charge in [-0.2, -0.15) is 0 Å². The van der Waals surface area contributed by atoms with Gasteiger partial charge >= 0.3 is 0 Å². The van der Waals surface area contributed by atoms with Crippen molar-refractivity contribution < 1.29 is 14.3 Å². The molecule has 0 saturated carbocycles. The SMILES string of the molecule is Cc1ccc(NC(=O)c2ccc(Nc3ccc4c(c3)OCCO4)cn2)cc1C. The molecule has 2 N–H and O–H groups in total. The Morgan fingerprint density at radius 1 is 0.857 bits per heavy atom. The number of hydrogen-bond donors (Lipinski definition) is 2. The van der Waals surface area contributed by atoms with E-state index in [0.717, 1.165) is 28.4 Å². The monoisotopic (exact) mass is 375 g/mol. The van der Waals surface area contributed by atoms with Crippen molar-refractivity contribution in [3.8, 4) is 11.5 Å². The molecular formula is C22H21N3O3. The number of amides is 1. The summed E-state index contributed by atoms with van der Waals surface area (Å²) < 4.78 is 11.1. The smallest absolute Gasteiger partial charge is 0.274 e. The van der Waals surface area contributed by atoms with E-state index in [1.165, 1.54) is 5.56 Å². The Hall–Kier alpha value is -3.54. The first-order chi connectivity index (χ1) is 13.6. The molecular weight excluding hydrogens is 354 g/mol. The third-order valence-corrected chi connectivity index (χ3v) is 4.59. The highest BCUT2D eigenvalue weighted by atomic mass is 16.6. The highest BCUT2D eigenvalue weighted by molar-refractivity contribution is 6.03. The molecule has 1 aliphatic heterocycles. The Labute approximate surface area is 163 Å². The van der Waals surface area contributed by atoms with Crippen LogP contribution >= 0.6 is 0 Å². The number of benzene rings is 2. The van der Waals surface area contributed by atoms with Crippen molar-refractivity contribution in [2.45, 2.75) is 13.8 Å². The zero-order chi connectivity index (χ0) is 19.5. The third kappa shape index (κ3) is 3.91. The lowest BCUT2D eigenvalue weighted by Crippen LogP contribution is -2.15. The van der Waals surface area contributed by atoms with Gasteiger partial charge < -0.3 is 20.1 Å². The van der Waals surface area contributed by atoms with Crippen LogP contribution in [0.2, 0.25) is 0 Å². The molecule has 1 amide bonds. The largest absolute Gasteiger partial charge is 0.486 e. The molecule has 2 aromatic carbocycles. The summed E-state index contributed by atoms with van der Waals surface area (Å²) in [7, 11) is 0. The summed E-state index contributed by atoms with van der Waals surface area (Å²) >= 11 is 0. The van der Waals surface area contributed by atoms with Gasteiger partial charge in [0.05, 0.1) is 11.9 Å². The fraction of sp³-hybridized carbons (Fsp3) is 0.182. The number of hydrogen-bond acceptors (Lipinski definition) is 5. The van der Waals surface area contributed by atoms with E-state index < -0.39 is 0 Å². The lowest BCUT2D eigenvalue weighted by molar-refractivity contribution is 0.102. The van der Waals surface area contributed by atoms with Gasteiger partial charge in [0.15, 0.2) is 11.5 Å². The summed E-state index contributed by atoms with van der Waals surface area (Å²) in [4.78, 5) is 16.7. The van der Waals surface area contributed by atoms with Gasteiger partial charge in [0.25, 0.3) is 5.91 Å². The van der Waals surface area contributed by atoms with Gasteiger partial charge in [-0.25, -0.2) is 4.98 Å². The number of ether oxygens (including phenoxy) is 2. The highest BCUT2D eigenvalue weighted by Gasteiger charge is 2.12. The molecule has 0 aliphatic carbocycles. The molecule has 6 nitrogen and oxygen atoms in total. The van der Waals surface area contributed by atoms with Gasteiger partial charge in [0.1, 0.15) is 18.9 Å². The summed E-state index contributed by atoms with van der Waals surface area (Å²) in [5.74, 6) is 1.22. The van der Waals surface area contributed by atoms with E-state index in [-0.39, 0.29) is 5.91 Å². The Kier molecular flexibility index (Phi) is 4.85. The number of nitrogens with zero attached hydrogens (tertiary/aromatic N) is 1. The highest BCUT2D eigenvalue weighted by Crippen LogP contribution is 2.33. The van der Waals surface area contributed by atoms with Crippen molar-refractivity contribution in [2.75, 3.05) is 23.8 Å². The molecule has 0 atom stereocenters. The molecule has 0 bridgehead atoms. The van der Waals surface area contributed by atoms with Gasteiger partial charge in [-0.15, -0.1) is 0 Å². The number of pyridine rings is 1. The number of fused-ring (bicyclic) bond motifs is 1. The van der Waals surface area contributed by atoms with E-state index in [1.807, 2.05) is 56.3 Å². The molecule has 0 radical (unpaired) electrons. The average Bonchev–Trinajstić information content (AvgIpc) is 2.71. The summed E-state index contributed by atoms with van der Waals surface area (Å²) in [5, 5.41) is 6.13. The molecule has 1 aliphatic rings. The van der Waals surface area contributed by atoms with Crippen LogP contribution in [0.25, 0.3) is 0 Å². The van der Waals surface area contributed by atoms with Gasteiger partial charge in [-0.1, -0.05) is 6.07 Å². The molecule has 2 heterocycles. The molecule has 0 fully saturated rings. The van der Waals surface area contributed by atoms with E-state index in [9.17, 15) is 4.79 Å². The first-order valence-electron chi connectivity index (χ1n) is 9.10. The number of aromatic nitrogens is 1. The zero-order valence-electron chi connectivity index (χ0n) is 15.8. The lowest BCUT2D eigenvalue weighted by Gasteiger charge is -2.19. The van der Waals surface area contributed by atoms with E-state index >= 15 is 0 Å². The van der Waals surface area contributed by atoms with Crippen LogP contribution in [0.3, 0.4) is 0 Å². The molecule has 1 aromatic heterocycles. The quantitative estimate of drug-likeness (QED) is 0.704. The van der Waals surface area contributed by atoms with E-state index in [0.29, 0.717) is 24.7 Å². The molecule has 0 spiro atoms. The van der Waals surface area contributed by atoms with Crippen molar-refractivity contribution in [1.29, 1.82) is 0 Å². The van der Waals surface area contributed by atoms with Gasteiger partial charge in [0, 0.05) is 17.4 Å². The summed E-state index contributed by atoms with van der Waals surface area (Å²) in [5.41, 5.74) is 5.06. The second-order valence-corrected chi connectivity index (χ2v) is 6.67.